The van der Waals surface area contributed by atoms with Crippen LogP contribution in [-0.4, -0.2) is 13.0 Å². The maximum absolute atomic E-state index is 12.6. The van der Waals surface area contributed by atoms with Crippen LogP contribution < -0.4 is 4.80 Å². The number of rotatable bonds is 3. The Labute approximate surface area is 144 Å². The van der Waals surface area contributed by atoms with Gasteiger partial charge >= 0.3 is 0 Å². The summed E-state index contributed by atoms with van der Waals surface area (Å²) in [5.74, 6) is 0.277. The minimum absolute atomic E-state index is 0.0261. The third kappa shape index (κ3) is 3.50. The number of hydrogen-bond donors (Lipinski definition) is 0. The fourth-order valence-electron chi connectivity index (χ4n) is 2.12. The van der Waals surface area contributed by atoms with E-state index in [2.05, 4.69) is 4.40 Å². The van der Waals surface area contributed by atoms with Gasteiger partial charge in [0.25, 0.3) is 10.0 Å². The zero-order chi connectivity index (χ0) is 17.4. The van der Waals surface area contributed by atoms with Gasteiger partial charge in [0.2, 0.25) is 4.80 Å². The molecule has 5 nitrogen and oxygen atoms in total. The molecule has 8 heteroatoms. The maximum atomic E-state index is 12.6. The molecule has 0 aliphatic heterocycles. The molecule has 0 fully saturated rings. The predicted octanol–water partition coefficient (Wildman–Crippen LogP) is 3.33. The van der Waals surface area contributed by atoms with Crippen molar-refractivity contribution in [1.82, 2.24) is 4.57 Å². The summed E-state index contributed by atoms with van der Waals surface area (Å²) in [6, 6.07) is 5.97. The molecule has 2 aromatic rings. The highest BCUT2D eigenvalue weighted by Crippen LogP contribution is 2.24. The van der Waals surface area contributed by atoms with E-state index < -0.39 is 10.0 Å². The van der Waals surface area contributed by atoms with Crippen LogP contribution >= 0.6 is 22.9 Å². The van der Waals surface area contributed by atoms with Gasteiger partial charge in [0, 0.05) is 22.6 Å². The van der Waals surface area contributed by atoms with E-state index in [4.69, 9.17) is 16.9 Å². The van der Waals surface area contributed by atoms with Crippen LogP contribution in [0.2, 0.25) is 5.02 Å². The van der Waals surface area contributed by atoms with Gasteiger partial charge in [-0.3, -0.25) is 0 Å². The van der Waals surface area contributed by atoms with E-state index in [1.807, 2.05) is 26.8 Å². The van der Waals surface area contributed by atoms with E-state index in [0.29, 0.717) is 4.80 Å². The van der Waals surface area contributed by atoms with E-state index >= 15 is 0 Å². The summed E-state index contributed by atoms with van der Waals surface area (Å²) in [5.41, 5.74) is 1.00. The number of hydrogen-bond acceptors (Lipinski definition) is 4. The lowest BCUT2D eigenvalue weighted by molar-refractivity contribution is 0.595. The molecule has 1 heterocycles. The Morgan fingerprint density at radius 3 is 2.57 bits per heavy atom. The Bertz CT molecular complexity index is 964. The average molecular weight is 370 g/mol. The Hall–Kier alpha value is -1.62. The first-order valence-corrected chi connectivity index (χ1v) is 9.47. The number of aromatic nitrogens is 1. The second-order valence-corrected chi connectivity index (χ2v) is 8.38. The zero-order valence-corrected chi connectivity index (χ0v) is 15.6. The molecule has 1 aromatic heterocycles. The molecule has 1 aromatic carbocycles. The van der Waals surface area contributed by atoms with Crippen LogP contribution in [0, 0.1) is 18.3 Å². The standard InChI is InChI=1S/C15H16ClN3O2S2/c1-9(2)14-10(3)19(4)15(22-14)18-23(20,21)13-7-12(16)6-5-11(13)8-17/h5-7,9H,1-4H3/b18-15-. The normalized spacial score (nSPS) is 12.7. The fourth-order valence-corrected chi connectivity index (χ4v) is 4.88. The molecule has 0 saturated carbocycles. The smallest absolute Gasteiger partial charge is 0.286 e. The third-order valence-electron chi connectivity index (χ3n) is 3.41. The van der Waals surface area contributed by atoms with Crippen LogP contribution in [0.5, 0.6) is 0 Å². The molecule has 0 N–H and O–H groups in total. The second kappa shape index (κ2) is 6.48. The molecular weight excluding hydrogens is 354 g/mol. The topological polar surface area (TPSA) is 75.2 Å². The van der Waals surface area contributed by atoms with Gasteiger partial charge in [0.15, 0.2) is 0 Å². The summed E-state index contributed by atoms with van der Waals surface area (Å²) < 4.78 is 30.8. The first kappa shape index (κ1) is 17.7. The molecule has 0 radical (unpaired) electrons. The SMILES string of the molecule is Cc1c(C(C)C)s/c(=N\S(=O)(=O)c2cc(Cl)ccc2C#N)n1C. The van der Waals surface area contributed by atoms with Crippen LogP contribution in [0.3, 0.4) is 0 Å². The summed E-state index contributed by atoms with van der Waals surface area (Å²) in [6.07, 6.45) is 0. The van der Waals surface area contributed by atoms with Crippen molar-refractivity contribution in [1.29, 1.82) is 5.26 Å². The zero-order valence-electron chi connectivity index (χ0n) is 13.2. The fraction of sp³-hybridized carbons (Fsp3) is 0.333. The van der Waals surface area contributed by atoms with Gasteiger partial charge in [-0.25, -0.2) is 0 Å². The molecule has 0 aliphatic rings. The van der Waals surface area contributed by atoms with Gasteiger partial charge < -0.3 is 4.57 Å². The van der Waals surface area contributed by atoms with Gasteiger partial charge in [0.1, 0.15) is 11.0 Å². The van der Waals surface area contributed by atoms with Crippen molar-refractivity contribution in [2.24, 2.45) is 11.4 Å². The summed E-state index contributed by atoms with van der Waals surface area (Å²) in [7, 11) is -2.25. The molecule has 0 aliphatic carbocycles. The summed E-state index contributed by atoms with van der Waals surface area (Å²) in [5, 5.41) is 9.36. The van der Waals surface area contributed by atoms with Crippen molar-refractivity contribution in [2.75, 3.05) is 0 Å². The van der Waals surface area contributed by atoms with Crippen molar-refractivity contribution in [3.63, 3.8) is 0 Å². The van der Waals surface area contributed by atoms with Gasteiger partial charge in [0.05, 0.1) is 5.56 Å². The Balaban J connectivity index is 2.71. The van der Waals surface area contributed by atoms with Gasteiger partial charge in [-0.1, -0.05) is 25.4 Å². The van der Waals surface area contributed by atoms with Crippen molar-refractivity contribution in [3.8, 4) is 6.07 Å². The number of thiazole rings is 1. The number of benzene rings is 1. The molecule has 23 heavy (non-hydrogen) atoms. The Morgan fingerprint density at radius 2 is 2.04 bits per heavy atom. The quantitative estimate of drug-likeness (QED) is 0.832. The molecule has 0 amide bonds. The van der Waals surface area contributed by atoms with E-state index in [-0.39, 0.29) is 21.4 Å². The van der Waals surface area contributed by atoms with E-state index in [1.165, 1.54) is 29.5 Å². The molecule has 0 bridgehead atoms. The second-order valence-electron chi connectivity index (χ2n) is 5.37. The van der Waals surface area contributed by atoms with Crippen molar-refractivity contribution in [2.45, 2.75) is 31.6 Å². The Kier molecular flexibility index (Phi) is 4.99. The molecule has 0 unspecified atom stereocenters. The minimum atomic E-state index is -4.02. The van der Waals surface area contributed by atoms with Crippen LogP contribution in [0.15, 0.2) is 27.5 Å². The molecular formula is C15H16ClN3O2S2. The average Bonchev–Trinajstić information content (AvgIpc) is 2.75. The highest BCUT2D eigenvalue weighted by atomic mass is 35.5. The van der Waals surface area contributed by atoms with E-state index in [0.717, 1.165) is 10.6 Å². The van der Waals surface area contributed by atoms with Crippen LogP contribution in [-0.2, 0) is 17.1 Å². The number of nitriles is 1. The van der Waals surface area contributed by atoms with E-state index in [1.54, 1.807) is 11.6 Å². The Morgan fingerprint density at radius 1 is 1.39 bits per heavy atom. The number of sulfonamides is 1. The lowest BCUT2D eigenvalue weighted by Crippen LogP contribution is -2.15. The van der Waals surface area contributed by atoms with Gasteiger partial charge in [-0.2, -0.15) is 13.7 Å². The summed E-state index contributed by atoms with van der Waals surface area (Å²) in [6.45, 7) is 6.02. The summed E-state index contributed by atoms with van der Waals surface area (Å²) >= 11 is 7.20. The maximum Gasteiger partial charge on any atom is 0.286 e. The van der Waals surface area contributed by atoms with Crippen molar-refractivity contribution < 1.29 is 8.42 Å². The van der Waals surface area contributed by atoms with Gasteiger partial charge in [-0.05, 0) is 31.0 Å². The molecule has 122 valence electrons. The largest absolute Gasteiger partial charge is 0.323 e. The van der Waals surface area contributed by atoms with Crippen LogP contribution in [0.4, 0.5) is 0 Å². The van der Waals surface area contributed by atoms with Crippen LogP contribution in [0.1, 0.15) is 35.9 Å². The van der Waals surface area contributed by atoms with Crippen molar-refractivity contribution in [3.05, 3.63) is 44.2 Å². The highest BCUT2D eigenvalue weighted by Gasteiger charge is 2.20. The number of halogens is 1. The molecule has 2 rings (SSSR count). The monoisotopic (exact) mass is 369 g/mol. The van der Waals surface area contributed by atoms with Crippen LogP contribution in [0.25, 0.3) is 0 Å². The van der Waals surface area contributed by atoms with E-state index in [9.17, 15) is 8.42 Å². The van der Waals surface area contributed by atoms with Crippen molar-refractivity contribution >= 4 is 33.0 Å². The first-order valence-electron chi connectivity index (χ1n) is 6.84. The lowest BCUT2D eigenvalue weighted by Gasteiger charge is -2.03. The first-order chi connectivity index (χ1) is 10.7. The predicted molar refractivity (Wildman–Crippen MR) is 91.0 cm³/mol. The minimum Gasteiger partial charge on any atom is -0.323 e. The number of nitrogens with zero attached hydrogens (tertiary/aromatic N) is 3. The molecule has 0 spiro atoms. The molecule has 0 atom stereocenters. The lowest BCUT2D eigenvalue weighted by atomic mass is 10.1. The highest BCUT2D eigenvalue weighted by molar-refractivity contribution is 7.90. The third-order valence-corrected chi connectivity index (χ3v) is 6.60. The molecule has 0 saturated heterocycles. The summed E-state index contributed by atoms with van der Waals surface area (Å²) in [4.78, 5) is 1.27. The van der Waals surface area contributed by atoms with Gasteiger partial charge in [-0.15, -0.1) is 15.7 Å².